The molecule has 0 aliphatic heterocycles. The van der Waals surface area contributed by atoms with E-state index in [2.05, 4.69) is 37.3 Å². The second-order valence-corrected chi connectivity index (χ2v) is 7.15. The molecule has 0 radical (unpaired) electrons. The molecule has 3 heteroatoms. The molecule has 0 amide bonds. The van der Waals surface area contributed by atoms with Crippen LogP contribution in [0.3, 0.4) is 0 Å². The molecule has 1 unspecified atom stereocenters. The summed E-state index contributed by atoms with van der Waals surface area (Å²) in [5, 5.41) is 9.49. The second kappa shape index (κ2) is 8.88. The number of aliphatic carboxylic acids is 1. The Morgan fingerprint density at radius 2 is 1.73 bits per heavy atom. The minimum absolute atomic E-state index is 0.568. The van der Waals surface area contributed by atoms with Crippen LogP contribution in [0, 0.1) is 0 Å². The summed E-state index contributed by atoms with van der Waals surface area (Å²) in [7, 11) is 0. The van der Waals surface area contributed by atoms with Gasteiger partial charge in [0, 0.05) is 0 Å². The van der Waals surface area contributed by atoms with Gasteiger partial charge in [-0.2, -0.15) is 0 Å². The first-order valence-electron chi connectivity index (χ1n) is 9.79. The lowest BCUT2D eigenvalue weighted by molar-refractivity contribution is -0.145. The quantitative estimate of drug-likeness (QED) is 0.466. The van der Waals surface area contributed by atoms with Gasteiger partial charge in [-0.05, 0) is 53.6 Å². The van der Waals surface area contributed by atoms with Gasteiger partial charge in [0.2, 0.25) is 0 Å². The van der Waals surface area contributed by atoms with Crippen molar-refractivity contribution in [3.05, 3.63) is 53.6 Å². The molecule has 138 valence electrons. The Morgan fingerprint density at radius 1 is 1.00 bits per heavy atom. The van der Waals surface area contributed by atoms with E-state index in [1.165, 1.54) is 47.9 Å². The third-order valence-corrected chi connectivity index (χ3v) is 5.14. The number of hydrogen-bond donors (Lipinski definition) is 1. The zero-order chi connectivity index (χ0) is 18.4. The molecule has 1 atom stereocenters. The van der Waals surface area contributed by atoms with Crippen LogP contribution < -0.4 is 4.74 Å². The third-order valence-electron chi connectivity index (χ3n) is 5.14. The highest BCUT2D eigenvalue weighted by Gasteiger charge is 2.22. The fourth-order valence-electron chi connectivity index (χ4n) is 3.70. The van der Waals surface area contributed by atoms with Crippen molar-refractivity contribution < 1.29 is 14.6 Å². The van der Waals surface area contributed by atoms with Crippen molar-refractivity contribution in [2.24, 2.45) is 0 Å². The van der Waals surface area contributed by atoms with Gasteiger partial charge in [0.25, 0.3) is 0 Å². The lowest BCUT2D eigenvalue weighted by atomic mass is 10.1. The van der Waals surface area contributed by atoms with E-state index in [4.69, 9.17) is 4.74 Å². The van der Waals surface area contributed by atoms with E-state index < -0.39 is 12.1 Å². The predicted molar refractivity (Wildman–Crippen MR) is 105 cm³/mol. The van der Waals surface area contributed by atoms with E-state index in [1.807, 2.05) is 12.1 Å². The first kappa shape index (κ1) is 18.5. The molecule has 2 aromatic carbocycles. The Bertz CT molecular complexity index is 751. The molecular weight excluding hydrogens is 324 g/mol. The van der Waals surface area contributed by atoms with E-state index in [0.717, 1.165) is 19.3 Å². The van der Waals surface area contributed by atoms with Gasteiger partial charge < -0.3 is 9.84 Å². The number of fused-ring (bicyclic) bond motifs is 3. The Kier molecular flexibility index (Phi) is 6.32. The maximum Gasteiger partial charge on any atom is 0.344 e. The SMILES string of the molecule is CCCCCCCCC(Oc1ccc2c(c1)Cc1ccccc1-2)C(=O)O. The highest BCUT2D eigenvalue weighted by Crippen LogP contribution is 2.38. The number of ether oxygens (including phenoxy) is 1. The molecule has 1 aliphatic rings. The largest absolute Gasteiger partial charge is 0.479 e. The fourth-order valence-corrected chi connectivity index (χ4v) is 3.70. The van der Waals surface area contributed by atoms with Crippen LogP contribution in [0.25, 0.3) is 11.1 Å². The van der Waals surface area contributed by atoms with Crippen molar-refractivity contribution in [2.75, 3.05) is 0 Å². The van der Waals surface area contributed by atoms with Gasteiger partial charge in [0.15, 0.2) is 6.10 Å². The highest BCUT2D eigenvalue weighted by atomic mass is 16.5. The van der Waals surface area contributed by atoms with Gasteiger partial charge >= 0.3 is 5.97 Å². The normalized spacial score (nSPS) is 13.1. The standard InChI is InChI=1S/C23H28O3/c1-2-3-4-5-6-7-12-22(23(24)25)26-19-13-14-21-18(16-19)15-17-10-8-9-11-20(17)21/h8-11,13-14,16,22H,2-7,12,15H2,1H3,(H,24,25). The highest BCUT2D eigenvalue weighted by molar-refractivity contribution is 5.77. The van der Waals surface area contributed by atoms with Crippen LogP contribution in [0.5, 0.6) is 5.75 Å². The number of benzene rings is 2. The van der Waals surface area contributed by atoms with Gasteiger partial charge in [0.1, 0.15) is 5.75 Å². The fraction of sp³-hybridized carbons (Fsp3) is 0.435. The van der Waals surface area contributed by atoms with Gasteiger partial charge in [0.05, 0.1) is 0 Å². The predicted octanol–water partition coefficient (Wildman–Crippen LogP) is 5.84. The van der Waals surface area contributed by atoms with Crippen LogP contribution in [0.1, 0.15) is 63.0 Å². The van der Waals surface area contributed by atoms with E-state index in [9.17, 15) is 9.90 Å². The second-order valence-electron chi connectivity index (χ2n) is 7.15. The van der Waals surface area contributed by atoms with Crippen molar-refractivity contribution in [2.45, 2.75) is 64.4 Å². The molecule has 0 saturated heterocycles. The first-order valence-corrected chi connectivity index (χ1v) is 9.79. The molecule has 0 bridgehead atoms. The molecule has 0 spiro atoms. The molecule has 26 heavy (non-hydrogen) atoms. The van der Waals surface area contributed by atoms with Crippen LogP contribution in [0.2, 0.25) is 0 Å². The Labute approximate surface area is 156 Å². The zero-order valence-electron chi connectivity index (χ0n) is 15.5. The summed E-state index contributed by atoms with van der Waals surface area (Å²) < 4.78 is 5.83. The molecule has 0 aromatic heterocycles. The summed E-state index contributed by atoms with van der Waals surface area (Å²) in [4.78, 5) is 11.6. The smallest absolute Gasteiger partial charge is 0.344 e. The van der Waals surface area contributed by atoms with Crippen LogP contribution in [0.4, 0.5) is 0 Å². The first-order chi connectivity index (χ1) is 12.7. The van der Waals surface area contributed by atoms with Crippen molar-refractivity contribution in [1.29, 1.82) is 0 Å². The Morgan fingerprint density at radius 3 is 2.54 bits per heavy atom. The molecule has 0 heterocycles. The molecule has 3 rings (SSSR count). The summed E-state index contributed by atoms with van der Waals surface area (Å²) in [6.45, 7) is 2.20. The molecule has 1 aliphatic carbocycles. The van der Waals surface area contributed by atoms with Crippen LogP contribution >= 0.6 is 0 Å². The summed E-state index contributed by atoms with van der Waals surface area (Å²) in [6.07, 6.45) is 7.57. The zero-order valence-corrected chi connectivity index (χ0v) is 15.5. The maximum atomic E-state index is 11.6. The monoisotopic (exact) mass is 352 g/mol. The summed E-state index contributed by atoms with van der Waals surface area (Å²) in [5.74, 6) is -0.211. The van der Waals surface area contributed by atoms with Crippen molar-refractivity contribution in [3.63, 3.8) is 0 Å². The molecule has 3 nitrogen and oxygen atoms in total. The minimum atomic E-state index is -0.873. The number of hydrogen-bond acceptors (Lipinski definition) is 2. The van der Waals surface area contributed by atoms with Gasteiger partial charge in [-0.3, -0.25) is 0 Å². The molecule has 1 N–H and O–H groups in total. The summed E-state index contributed by atoms with van der Waals surface area (Å²) >= 11 is 0. The van der Waals surface area contributed by atoms with E-state index in [0.29, 0.717) is 12.2 Å². The topological polar surface area (TPSA) is 46.5 Å². The van der Waals surface area contributed by atoms with E-state index in [1.54, 1.807) is 0 Å². The molecule has 0 fully saturated rings. The number of unbranched alkanes of at least 4 members (excludes halogenated alkanes) is 5. The van der Waals surface area contributed by atoms with E-state index >= 15 is 0 Å². The van der Waals surface area contributed by atoms with Crippen molar-refractivity contribution in [3.8, 4) is 16.9 Å². The Hall–Kier alpha value is -2.29. The van der Waals surface area contributed by atoms with Gasteiger partial charge in [-0.25, -0.2) is 4.79 Å². The lowest BCUT2D eigenvalue weighted by Gasteiger charge is -2.16. The maximum absolute atomic E-state index is 11.6. The lowest BCUT2D eigenvalue weighted by Crippen LogP contribution is -2.26. The molecule has 2 aromatic rings. The molecule has 0 saturated carbocycles. The van der Waals surface area contributed by atoms with Crippen LogP contribution in [0.15, 0.2) is 42.5 Å². The van der Waals surface area contributed by atoms with Crippen molar-refractivity contribution in [1.82, 2.24) is 0 Å². The van der Waals surface area contributed by atoms with Crippen LogP contribution in [-0.4, -0.2) is 17.2 Å². The average molecular weight is 352 g/mol. The third kappa shape index (κ3) is 4.46. The van der Waals surface area contributed by atoms with Gasteiger partial charge in [-0.15, -0.1) is 0 Å². The number of carboxylic acid groups (broad SMARTS) is 1. The number of carboxylic acids is 1. The van der Waals surface area contributed by atoms with Crippen LogP contribution in [-0.2, 0) is 11.2 Å². The molecular formula is C23H28O3. The summed E-state index contributed by atoms with van der Waals surface area (Å²) in [6, 6.07) is 14.4. The van der Waals surface area contributed by atoms with E-state index in [-0.39, 0.29) is 0 Å². The number of carbonyl (C=O) groups is 1. The average Bonchev–Trinajstić information content (AvgIpc) is 3.01. The number of rotatable bonds is 10. The summed E-state index contributed by atoms with van der Waals surface area (Å²) in [5.41, 5.74) is 5.04. The Balaban J connectivity index is 1.58. The minimum Gasteiger partial charge on any atom is -0.479 e. The van der Waals surface area contributed by atoms with Crippen molar-refractivity contribution >= 4 is 5.97 Å². The van der Waals surface area contributed by atoms with Gasteiger partial charge in [-0.1, -0.05) is 69.4 Å².